The monoisotopic (exact) mass is 334 g/mol. The summed E-state index contributed by atoms with van der Waals surface area (Å²) in [6.45, 7) is 6.95. The van der Waals surface area contributed by atoms with Gasteiger partial charge < -0.3 is 0 Å². The highest BCUT2D eigenvalue weighted by Gasteiger charge is 2.23. The minimum atomic E-state index is 0.782. The Labute approximate surface area is 154 Å². The Morgan fingerprint density at radius 1 is 0.800 bits per heavy atom. The van der Waals surface area contributed by atoms with Crippen LogP contribution in [-0.4, -0.2) is 0 Å². The summed E-state index contributed by atoms with van der Waals surface area (Å²) >= 11 is 0. The number of rotatable bonds is 6. The molecule has 1 unspecified atom stereocenters. The molecular formula is C25H34. The third-order valence-corrected chi connectivity index (χ3v) is 6.36. The first-order chi connectivity index (χ1) is 12.2. The molecule has 2 aromatic rings. The van der Waals surface area contributed by atoms with Crippen molar-refractivity contribution in [3.63, 3.8) is 0 Å². The summed E-state index contributed by atoms with van der Waals surface area (Å²) in [7, 11) is 0. The number of hydrogen-bond acceptors (Lipinski definition) is 0. The van der Waals surface area contributed by atoms with Crippen LogP contribution in [-0.2, 0) is 6.42 Å². The van der Waals surface area contributed by atoms with Crippen molar-refractivity contribution < 1.29 is 0 Å². The summed E-state index contributed by atoms with van der Waals surface area (Å²) in [4.78, 5) is 0. The molecule has 1 saturated carbocycles. The van der Waals surface area contributed by atoms with Gasteiger partial charge in [-0.1, -0.05) is 75.7 Å². The Kier molecular flexibility index (Phi) is 6.34. The summed E-state index contributed by atoms with van der Waals surface area (Å²) in [6, 6.07) is 18.4. The zero-order valence-electron chi connectivity index (χ0n) is 16.3. The molecular weight excluding hydrogens is 300 g/mol. The molecule has 0 heterocycles. The van der Waals surface area contributed by atoms with Gasteiger partial charge >= 0.3 is 0 Å². The lowest BCUT2D eigenvalue weighted by Gasteiger charge is -2.30. The molecule has 0 amide bonds. The van der Waals surface area contributed by atoms with Crippen LogP contribution in [0.1, 0.15) is 76.3 Å². The highest BCUT2D eigenvalue weighted by atomic mass is 14.3. The third kappa shape index (κ3) is 4.75. The molecule has 0 nitrogen and oxygen atoms in total. The van der Waals surface area contributed by atoms with Crippen molar-refractivity contribution in [2.24, 2.45) is 11.8 Å². The van der Waals surface area contributed by atoms with Crippen LogP contribution in [0.3, 0.4) is 0 Å². The van der Waals surface area contributed by atoms with Crippen LogP contribution < -0.4 is 0 Å². The Morgan fingerprint density at radius 2 is 1.36 bits per heavy atom. The number of benzene rings is 2. The van der Waals surface area contributed by atoms with Gasteiger partial charge in [0, 0.05) is 0 Å². The highest BCUT2D eigenvalue weighted by molar-refractivity contribution is 5.64. The minimum Gasteiger partial charge on any atom is -0.0651 e. The number of aryl methyl sites for hydroxylation is 1. The van der Waals surface area contributed by atoms with E-state index in [0.717, 1.165) is 24.2 Å². The van der Waals surface area contributed by atoms with Gasteiger partial charge in [0.25, 0.3) is 0 Å². The van der Waals surface area contributed by atoms with Crippen molar-refractivity contribution in [3.05, 3.63) is 59.7 Å². The molecule has 0 saturated heterocycles. The third-order valence-electron chi connectivity index (χ3n) is 6.36. The van der Waals surface area contributed by atoms with E-state index in [1.54, 1.807) is 5.56 Å². The minimum absolute atomic E-state index is 0.782. The van der Waals surface area contributed by atoms with Gasteiger partial charge in [-0.15, -0.1) is 0 Å². The predicted octanol–water partition coefficient (Wildman–Crippen LogP) is 7.63. The Hall–Kier alpha value is -1.56. The second-order valence-corrected chi connectivity index (χ2v) is 8.14. The van der Waals surface area contributed by atoms with E-state index in [4.69, 9.17) is 0 Å². The first-order valence-corrected chi connectivity index (χ1v) is 10.4. The fourth-order valence-electron chi connectivity index (χ4n) is 4.35. The van der Waals surface area contributed by atoms with Crippen LogP contribution in [0.5, 0.6) is 0 Å². The largest absolute Gasteiger partial charge is 0.0651 e. The van der Waals surface area contributed by atoms with Crippen molar-refractivity contribution in [1.29, 1.82) is 0 Å². The molecule has 0 N–H and O–H groups in total. The second-order valence-electron chi connectivity index (χ2n) is 8.14. The van der Waals surface area contributed by atoms with E-state index in [1.165, 1.54) is 55.2 Å². The van der Waals surface area contributed by atoms with Gasteiger partial charge in [-0.3, -0.25) is 0 Å². The Morgan fingerprint density at radius 3 is 1.88 bits per heavy atom. The molecule has 0 bridgehead atoms. The molecule has 0 heteroatoms. The Bertz CT molecular complexity index is 627. The molecule has 0 radical (unpaired) electrons. The van der Waals surface area contributed by atoms with E-state index < -0.39 is 0 Å². The van der Waals surface area contributed by atoms with Crippen molar-refractivity contribution in [1.82, 2.24) is 0 Å². The van der Waals surface area contributed by atoms with Gasteiger partial charge in [0.2, 0.25) is 0 Å². The summed E-state index contributed by atoms with van der Waals surface area (Å²) in [5.41, 5.74) is 5.64. The van der Waals surface area contributed by atoms with Crippen LogP contribution in [0, 0.1) is 11.8 Å². The maximum absolute atomic E-state index is 2.41. The smallest absolute Gasteiger partial charge is 0.0162 e. The quantitative estimate of drug-likeness (QED) is 0.509. The first kappa shape index (κ1) is 18.2. The molecule has 1 aliphatic carbocycles. The van der Waals surface area contributed by atoms with Crippen molar-refractivity contribution >= 4 is 0 Å². The molecule has 134 valence electrons. The highest BCUT2D eigenvalue weighted by Crippen LogP contribution is 2.39. The lowest BCUT2D eigenvalue weighted by atomic mass is 9.75. The van der Waals surface area contributed by atoms with Gasteiger partial charge in [-0.25, -0.2) is 0 Å². The first-order valence-electron chi connectivity index (χ1n) is 10.4. The summed E-state index contributed by atoms with van der Waals surface area (Å²) in [5, 5.41) is 0. The average Bonchev–Trinajstić information content (AvgIpc) is 2.69. The fourth-order valence-corrected chi connectivity index (χ4v) is 4.35. The van der Waals surface area contributed by atoms with E-state index >= 15 is 0 Å². The van der Waals surface area contributed by atoms with Crippen LogP contribution in [0.25, 0.3) is 11.1 Å². The fraction of sp³-hybridized carbons (Fsp3) is 0.520. The van der Waals surface area contributed by atoms with E-state index in [-0.39, 0.29) is 0 Å². The molecule has 3 rings (SSSR count). The molecule has 2 aromatic carbocycles. The summed E-state index contributed by atoms with van der Waals surface area (Å²) < 4.78 is 0. The van der Waals surface area contributed by atoms with E-state index in [0.29, 0.717) is 0 Å². The molecule has 1 fully saturated rings. The molecule has 0 aromatic heterocycles. The summed E-state index contributed by atoms with van der Waals surface area (Å²) in [5.74, 6) is 2.66. The van der Waals surface area contributed by atoms with Crippen LogP contribution >= 0.6 is 0 Å². The zero-order valence-corrected chi connectivity index (χ0v) is 16.3. The molecule has 0 spiro atoms. The molecule has 0 aliphatic heterocycles. The van der Waals surface area contributed by atoms with Gasteiger partial charge in [-0.2, -0.15) is 0 Å². The average molecular weight is 335 g/mol. The lowest BCUT2D eigenvalue weighted by molar-refractivity contribution is 0.273. The van der Waals surface area contributed by atoms with Gasteiger partial charge in [0.1, 0.15) is 0 Å². The molecule has 1 atom stereocenters. The van der Waals surface area contributed by atoms with Crippen molar-refractivity contribution in [3.8, 4) is 11.1 Å². The normalized spacial score (nSPS) is 21.9. The zero-order chi connectivity index (χ0) is 17.6. The topological polar surface area (TPSA) is 0 Å². The molecule has 25 heavy (non-hydrogen) atoms. The van der Waals surface area contributed by atoms with E-state index in [9.17, 15) is 0 Å². The maximum Gasteiger partial charge on any atom is -0.0162 e. The van der Waals surface area contributed by atoms with Crippen LogP contribution in [0.4, 0.5) is 0 Å². The van der Waals surface area contributed by atoms with Crippen molar-refractivity contribution in [2.45, 2.75) is 71.6 Å². The maximum atomic E-state index is 2.41. The standard InChI is InChI=1S/C25H34/c1-4-19(3)18-21-8-12-23(13-9-21)25-16-14-24(15-17-25)22-10-6-20(5-2)7-11-22/h6-7,10-11,14-17,19,21,23H,4-5,8-9,12-13,18H2,1-3H3. The Balaban J connectivity index is 1.59. The predicted molar refractivity (Wildman–Crippen MR) is 110 cm³/mol. The van der Waals surface area contributed by atoms with Crippen LogP contribution in [0.15, 0.2) is 48.5 Å². The van der Waals surface area contributed by atoms with Gasteiger partial charge in [0.05, 0.1) is 0 Å². The SMILES string of the molecule is CCc1ccc(-c2ccc(C3CCC(CC(C)CC)CC3)cc2)cc1. The van der Waals surface area contributed by atoms with E-state index in [2.05, 4.69) is 69.3 Å². The summed E-state index contributed by atoms with van der Waals surface area (Å²) in [6.07, 6.45) is 9.50. The second kappa shape index (κ2) is 8.70. The number of hydrogen-bond donors (Lipinski definition) is 0. The lowest BCUT2D eigenvalue weighted by Crippen LogP contribution is -2.15. The molecule has 1 aliphatic rings. The van der Waals surface area contributed by atoms with E-state index in [1.807, 2.05) is 0 Å². The van der Waals surface area contributed by atoms with Gasteiger partial charge in [-0.05, 0) is 78.5 Å². The van der Waals surface area contributed by atoms with Crippen LogP contribution in [0.2, 0.25) is 0 Å². The van der Waals surface area contributed by atoms with Crippen molar-refractivity contribution in [2.75, 3.05) is 0 Å². The van der Waals surface area contributed by atoms with Gasteiger partial charge in [0.15, 0.2) is 0 Å².